The first-order valence-corrected chi connectivity index (χ1v) is 12.3. The number of fused-ring (bicyclic) bond motifs is 2. The van der Waals surface area contributed by atoms with Gasteiger partial charge in [-0.2, -0.15) is 0 Å². The van der Waals surface area contributed by atoms with Crippen LogP contribution in [0.3, 0.4) is 0 Å². The van der Waals surface area contributed by atoms with Crippen molar-refractivity contribution in [2.75, 3.05) is 27.8 Å². The van der Waals surface area contributed by atoms with Gasteiger partial charge in [0.25, 0.3) is 0 Å². The second-order valence-corrected chi connectivity index (χ2v) is 9.69. The van der Waals surface area contributed by atoms with Gasteiger partial charge >= 0.3 is 0 Å². The Balaban J connectivity index is 0.000000555. The van der Waals surface area contributed by atoms with Crippen LogP contribution in [0.2, 0.25) is 0 Å². The van der Waals surface area contributed by atoms with Crippen molar-refractivity contribution in [3.63, 3.8) is 0 Å². The molecule has 0 saturated carbocycles. The van der Waals surface area contributed by atoms with Crippen molar-refractivity contribution >= 4 is 26.0 Å². The number of ketones is 1. The van der Waals surface area contributed by atoms with Gasteiger partial charge in [0.05, 0.1) is 11.4 Å². The Morgan fingerprint density at radius 2 is 1.82 bits per heavy atom. The van der Waals surface area contributed by atoms with Crippen molar-refractivity contribution in [2.45, 2.75) is 36.1 Å². The van der Waals surface area contributed by atoms with E-state index in [1.807, 2.05) is 37.3 Å². The maximum absolute atomic E-state index is 12.9. The number of nitrogens with two attached hydrogens (primary N) is 1. The van der Waals surface area contributed by atoms with Crippen LogP contribution in [0.5, 0.6) is 11.5 Å². The monoisotopic (exact) mass is 493 g/mol. The van der Waals surface area contributed by atoms with Crippen LogP contribution in [0.1, 0.15) is 40.1 Å². The molecule has 8 nitrogen and oxygen atoms in total. The van der Waals surface area contributed by atoms with Gasteiger partial charge in [0.2, 0.25) is 6.79 Å². The number of ether oxygens (including phenoxy) is 4. The minimum atomic E-state index is -0.379. The third-order valence-corrected chi connectivity index (χ3v) is 7.19. The first kappa shape index (κ1) is 25.6. The topological polar surface area (TPSA) is 106 Å². The minimum absolute atomic E-state index is 0.0472. The van der Waals surface area contributed by atoms with E-state index >= 15 is 0 Å². The van der Waals surface area contributed by atoms with Crippen LogP contribution in [-0.2, 0) is 31.5 Å². The first-order chi connectivity index (χ1) is 16.0. The van der Waals surface area contributed by atoms with Crippen molar-refractivity contribution in [1.29, 1.82) is 0 Å². The van der Waals surface area contributed by atoms with E-state index < -0.39 is 0 Å². The molecular formula is C23H28NO7PS. The quantitative estimate of drug-likeness (QED) is 0.343. The van der Waals surface area contributed by atoms with Gasteiger partial charge in [-0.1, -0.05) is 24.3 Å². The van der Waals surface area contributed by atoms with E-state index in [2.05, 4.69) is 9.47 Å². The molecule has 2 unspecified atom stereocenters. The molecule has 2 heterocycles. The van der Waals surface area contributed by atoms with Crippen molar-refractivity contribution in [3.8, 4) is 11.5 Å². The second-order valence-electron chi connectivity index (χ2n) is 7.53. The fraction of sp³-hybridized carbons (Fsp3) is 0.435. The number of thioether (sulfide) groups is 1. The van der Waals surface area contributed by atoms with Crippen LogP contribution in [0.25, 0.3) is 0 Å². The Bertz CT molecular complexity index is 955. The molecule has 0 fully saturated rings. The fourth-order valence-corrected chi connectivity index (χ4v) is 5.53. The predicted molar refractivity (Wildman–Crippen MR) is 126 cm³/mol. The van der Waals surface area contributed by atoms with E-state index in [4.69, 9.17) is 20.2 Å². The van der Waals surface area contributed by atoms with Gasteiger partial charge in [-0.3, -0.25) is 14.2 Å². The van der Waals surface area contributed by atoms with Crippen LogP contribution in [-0.4, -0.2) is 44.1 Å². The van der Waals surface area contributed by atoms with Gasteiger partial charge in [-0.15, -0.1) is 11.8 Å². The normalized spacial score (nSPS) is 19.9. The molecule has 0 aliphatic carbocycles. The summed E-state index contributed by atoms with van der Waals surface area (Å²) in [4.78, 5) is 18.3. The summed E-state index contributed by atoms with van der Waals surface area (Å²) >= 11 is 1.56. The van der Waals surface area contributed by atoms with Crippen LogP contribution >= 0.6 is 20.2 Å². The van der Waals surface area contributed by atoms with Gasteiger partial charge in [-0.05, 0) is 42.2 Å². The van der Waals surface area contributed by atoms with Crippen LogP contribution in [0, 0.1) is 0 Å². The average molecular weight is 494 g/mol. The Morgan fingerprint density at radius 1 is 1.15 bits per heavy atom. The third kappa shape index (κ3) is 6.32. The van der Waals surface area contributed by atoms with E-state index in [-0.39, 0.29) is 37.6 Å². The van der Waals surface area contributed by atoms with Gasteiger partial charge in [0.1, 0.15) is 12.9 Å². The molecule has 0 spiro atoms. The lowest BCUT2D eigenvalue weighted by atomic mass is 9.94. The van der Waals surface area contributed by atoms with Crippen molar-refractivity contribution in [1.82, 2.24) is 0 Å². The SMILES string of the molecule is COCOC.C[C@@H]1SC(C(ON)c2ccc(CP=O)cc2)Cc2cc3c(cc2C1=O)OCO3. The standard InChI is InChI=1S/C20H20NO5PS.C3H8O2/c1-11-19(22)15-8-17-16(24-10-25-17)6-14(15)7-18(28-11)20(26-21)13-4-2-12(3-5-13)9-27-23;1-4-3-5-2/h2-6,8,11,18,20H,7,9-10,21H2,1H3;3H2,1-2H3/t11-,18?,20?;/m0./s1. The molecule has 0 aromatic heterocycles. The van der Waals surface area contributed by atoms with Crippen molar-refractivity contribution in [3.05, 3.63) is 58.7 Å². The Kier molecular flexibility index (Phi) is 9.67. The highest BCUT2D eigenvalue weighted by molar-refractivity contribution is 8.01. The highest BCUT2D eigenvalue weighted by Gasteiger charge is 2.35. The summed E-state index contributed by atoms with van der Waals surface area (Å²) in [6, 6.07) is 11.4. The number of hydrogen-bond donors (Lipinski definition) is 1. The fourth-order valence-electron chi connectivity index (χ4n) is 3.75. The van der Waals surface area contributed by atoms with Gasteiger partial charge in [0, 0.05) is 25.0 Å². The van der Waals surface area contributed by atoms with Crippen molar-refractivity contribution < 1.29 is 33.1 Å². The lowest BCUT2D eigenvalue weighted by Gasteiger charge is -2.25. The lowest BCUT2D eigenvalue weighted by molar-refractivity contribution is -0.00272. The lowest BCUT2D eigenvalue weighted by Crippen LogP contribution is -2.25. The van der Waals surface area contributed by atoms with E-state index in [1.165, 1.54) is 0 Å². The van der Waals surface area contributed by atoms with E-state index in [0.717, 1.165) is 16.7 Å². The maximum Gasteiger partial charge on any atom is 0.231 e. The molecule has 0 bridgehead atoms. The average Bonchev–Trinajstić information content (AvgIpc) is 3.23. The Morgan fingerprint density at radius 3 is 2.39 bits per heavy atom. The maximum atomic E-state index is 12.9. The molecule has 178 valence electrons. The molecular weight excluding hydrogens is 465 g/mol. The molecule has 2 aromatic rings. The van der Waals surface area contributed by atoms with Crippen LogP contribution in [0.4, 0.5) is 0 Å². The van der Waals surface area contributed by atoms with Gasteiger partial charge in [-0.25, -0.2) is 5.90 Å². The zero-order valence-electron chi connectivity index (χ0n) is 18.8. The number of rotatable bonds is 7. The predicted octanol–water partition coefficient (Wildman–Crippen LogP) is 4.30. The number of methoxy groups -OCH3 is 2. The smallest absolute Gasteiger partial charge is 0.231 e. The molecule has 2 aliphatic heterocycles. The number of hydrogen-bond acceptors (Lipinski definition) is 9. The molecule has 33 heavy (non-hydrogen) atoms. The molecule has 0 radical (unpaired) electrons. The molecule has 4 rings (SSSR count). The van der Waals surface area contributed by atoms with Crippen molar-refractivity contribution in [2.24, 2.45) is 5.90 Å². The number of carbonyl (C=O) groups excluding carboxylic acids is 1. The summed E-state index contributed by atoms with van der Waals surface area (Å²) in [7, 11) is 3.26. The largest absolute Gasteiger partial charge is 0.454 e. The molecule has 2 aliphatic rings. The summed E-state index contributed by atoms with van der Waals surface area (Å²) in [5.41, 5.74) is 3.49. The zero-order valence-corrected chi connectivity index (χ0v) is 20.5. The summed E-state index contributed by atoms with van der Waals surface area (Å²) < 4.78 is 30.7. The van der Waals surface area contributed by atoms with E-state index in [0.29, 0.717) is 36.4 Å². The highest BCUT2D eigenvalue weighted by atomic mass is 32.2. The number of benzene rings is 2. The second kappa shape index (κ2) is 12.5. The summed E-state index contributed by atoms with van der Waals surface area (Å²) in [5.74, 6) is 7.03. The molecule has 2 aromatic carbocycles. The third-order valence-electron chi connectivity index (χ3n) is 5.31. The van der Waals surface area contributed by atoms with Gasteiger partial charge < -0.3 is 18.9 Å². The zero-order chi connectivity index (χ0) is 23.8. The minimum Gasteiger partial charge on any atom is -0.454 e. The molecule has 3 atom stereocenters. The Labute approximate surface area is 199 Å². The first-order valence-electron chi connectivity index (χ1n) is 10.4. The molecule has 0 amide bonds. The summed E-state index contributed by atoms with van der Waals surface area (Å²) in [5, 5.41) is -0.281. The molecule has 10 heteroatoms. The molecule has 0 saturated heterocycles. The number of Topliss-reactive ketones (excluding diaryl/α,β-unsaturated/α-hetero) is 1. The van der Waals surface area contributed by atoms with E-state index in [9.17, 15) is 9.36 Å². The number of carbonyl (C=O) groups is 1. The van der Waals surface area contributed by atoms with Gasteiger partial charge in [0.15, 0.2) is 25.7 Å². The molecule has 2 N–H and O–H groups in total. The summed E-state index contributed by atoms with van der Waals surface area (Å²) in [6.45, 7) is 2.47. The van der Waals surface area contributed by atoms with E-state index in [1.54, 1.807) is 32.0 Å². The van der Waals surface area contributed by atoms with Crippen LogP contribution in [0.15, 0.2) is 36.4 Å². The van der Waals surface area contributed by atoms with Crippen LogP contribution < -0.4 is 15.4 Å². The highest BCUT2D eigenvalue weighted by Crippen LogP contribution is 2.42. The Hall–Kier alpha value is -2.00. The summed E-state index contributed by atoms with van der Waals surface area (Å²) in [6.07, 6.45) is 0.712.